The van der Waals surface area contributed by atoms with Crippen molar-refractivity contribution in [2.24, 2.45) is 0 Å². The highest BCUT2D eigenvalue weighted by Crippen LogP contribution is 2.50. The fourth-order valence-electron chi connectivity index (χ4n) is 2.69. The van der Waals surface area contributed by atoms with E-state index in [9.17, 15) is 71.1 Å². The minimum absolute atomic E-state index is 0.373. The van der Waals surface area contributed by atoms with Crippen molar-refractivity contribution in [1.82, 2.24) is 0 Å². The number of benzene rings is 2. The Morgan fingerprint density at radius 2 is 1.00 bits per heavy atom. The predicted molar refractivity (Wildman–Crippen MR) is 101 cm³/mol. The summed E-state index contributed by atoms with van der Waals surface area (Å²) in [5, 5.41) is 0.837. The van der Waals surface area contributed by atoms with Crippen LogP contribution in [0.25, 0.3) is 0 Å². The maximum atomic E-state index is 14.3. The number of nitrogens with one attached hydrogen (secondary N) is 1. The van der Waals surface area contributed by atoms with Crippen LogP contribution in [0.15, 0.2) is 54.6 Å². The smallest absolute Gasteiger partial charge is 0.319 e. The number of rotatable bonds is 7. The Morgan fingerprint density at radius 1 is 0.579 bits per heavy atom. The molecule has 0 bridgehead atoms. The summed E-state index contributed by atoms with van der Waals surface area (Å²) in [6, 6.07) is 6.62. The van der Waals surface area contributed by atoms with Crippen LogP contribution in [-0.4, -0.2) is 47.9 Å². The fourth-order valence-corrected chi connectivity index (χ4v) is 2.69. The summed E-state index contributed by atoms with van der Waals surface area (Å²) >= 11 is 0. The number of carbonyl (C=O) groups is 2. The van der Waals surface area contributed by atoms with Crippen molar-refractivity contribution in [3.63, 3.8) is 0 Å². The van der Waals surface area contributed by atoms with Gasteiger partial charge in [0.2, 0.25) is 0 Å². The van der Waals surface area contributed by atoms with Crippen LogP contribution in [0, 0.1) is 0 Å². The van der Waals surface area contributed by atoms with Crippen molar-refractivity contribution < 1.29 is 71.1 Å². The van der Waals surface area contributed by atoms with Crippen molar-refractivity contribution in [2.75, 3.05) is 10.2 Å². The molecule has 0 heterocycles. The van der Waals surface area contributed by atoms with Gasteiger partial charge in [-0.25, -0.2) is 0 Å². The summed E-state index contributed by atoms with van der Waals surface area (Å²) in [6.45, 7) is 0. The lowest BCUT2D eigenvalue weighted by Gasteiger charge is -2.33. The molecule has 0 aromatic heterocycles. The summed E-state index contributed by atoms with van der Waals surface area (Å²) in [6.07, 6.45) is -14.0. The maximum Gasteiger partial charge on any atom is 0.460 e. The highest BCUT2D eigenvalue weighted by atomic mass is 19.4. The average Bonchev–Trinajstić information content (AvgIpc) is 2.79. The van der Waals surface area contributed by atoms with E-state index < -0.39 is 69.8 Å². The number of hydrogen-bond donors (Lipinski definition) is 1. The first kappa shape index (κ1) is 30.6. The van der Waals surface area contributed by atoms with E-state index >= 15 is 0 Å². The number of halogens is 14. The molecule has 18 heteroatoms. The molecule has 0 saturated heterocycles. The molecule has 210 valence electrons. The molecule has 2 aromatic rings. The topological polar surface area (TPSA) is 49.4 Å². The van der Waals surface area contributed by atoms with Crippen molar-refractivity contribution in [1.29, 1.82) is 0 Å². The number of para-hydroxylation sites is 3. The Morgan fingerprint density at radius 3 is 1.47 bits per heavy atom. The molecule has 0 fully saturated rings. The second kappa shape index (κ2) is 9.61. The largest absolute Gasteiger partial charge is 0.460 e. The monoisotopic (exact) mass is 576 g/mol. The lowest BCUT2D eigenvalue weighted by molar-refractivity contribution is -0.343. The van der Waals surface area contributed by atoms with Gasteiger partial charge in [0.1, 0.15) is 0 Å². The van der Waals surface area contributed by atoms with Crippen LogP contribution in [0.3, 0.4) is 0 Å². The summed E-state index contributed by atoms with van der Waals surface area (Å²) in [7, 11) is 0. The number of hydrogen-bond acceptors (Lipinski definition) is 2. The Hall–Kier alpha value is -3.60. The lowest BCUT2D eigenvalue weighted by atomic mass is 10.1. The third kappa shape index (κ3) is 5.07. The van der Waals surface area contributed by atoms with Crippen LogP contribution < -0.4 is 10.2 Å². The first-order valence-corrected chi connectivity index (χ1v) is 9.46. The number of amides is 2. The second-order valence-electron chi connectivity index (χ2n) is 7.24. The van der Waals surface area contributed by atoms with E-state index in [1.807, 2.05) is 0 Å². The first-order valence-electron chi connectivity index (χ1n) is 9.46. The predicted octanol–water partition coefficient (Wildman–Crippen LogP) is 6.96. The van der Waals surface area contributed by atoms with Crippen molar-refractivity contribution in [3.8, 4) is 0 Å². The first-order chi connectivity index (χ1) is 17.0. The van der Waals surface area contributed by atoms with Gasteiger partial charge in [0, 0.05) is 5.69 Å². The molecule has 4 nitrogen and oxygen atoms in total. The summed E-state index contributed by atoms with van der Waals surface area (Å²) in [4.78, 5) is 23.6. The van der Waals surface area contributed by atoms with E-state index in [1.165, 1.54) is 0 Å². The standard InChI is InChI=1S/C20H10F14N2O2/c21-15(22,17(25,26)19(29,30)31)13(37)35-11-8-4-5-9-12(11)36(10-6-2-1-3-7-10)14(38)16(23,24)18(27,28)20(32,33)34/h1-9H,(H,35,37). The van der Waals surface area contributed by atoms with Crippen LogP contribution in [0.4, 0.5) is 78.5 Å². The summed E-state index contributed by atoms with van der Waals surface area (Å²) < 4.78 is 185. The van der Waals surface area contributed by atoms with Crippen molar-refractivity contribution in [2.45, 2.75) is 36.0 Å². The molecule has 0 aliphatic carbocycles. The van der Waals surface area contributed by atoms with Gasteiger partial charge < -0.3 is 5.32 Å². The van der Waals surface area contributed by atoms with E-state index in [0.717, 1.165) is 35.6 Å². The van der Waals surface area contributed by atoms with Gasteiger partial charge in [-0.05, 0) is 24.3 Å². The van der Waals surface area contributed by atoms with Crippen LogP contribution in [0.2, 0.25) is 0 Å². The summed E-state index contributed by atoms with van der Waals surface area (Å²) in [5.74, 6) is -33.8. The molecule has 0 atom stereocenters. The highest BCUT2D eigenvalue weighted by Gasteiger charge is 2.78. The minimum Gasteiger partial charge on any atom is -0.319 e. The van der Waals surface area contributed by atoms with E-state index in [1.54, 1.807) is 0 Å². The normalized spacial score (nSPS) is 13.7. The molecule has 0 aliphatic rings. The molecule has 0 saturated carbocycles. The Kier molecular flexibility index (Phi) is 7.75. The molecule has 0 radical (unpaired) electrons. The number of carbonyl (C=O) groups excluding carboxylic acids is 2. The molecule has 38 heavy (non-hydrogen) atoms. The van der Waals surface area contributed by atoms with Crippen LogP contribution >= 0.6 is 0 Å². The number of alkyl halides is 14. The van der Waals surface area contributed by atoms with Gasteiger partial charge in [-0.1, -0.05) is 30.3 Å². The van der Waals surface area contributed by atoms with E-state index in [0.29, 0.717) is 24.3 Å². The molecule has 2 rings (SSSR count). The SMILES string of the molecule is O=C(Nc1ccccc1N(C(=O)C(F)(F)C(F)(F)C(F)(F)F)c1ccccc1)C(F)(F)C(F)(F)C(F)(F)F. The quantitative estimate of drug-likeness (QED) is 0.363. The fraction of sp³-hybridized carbons (Fsp3) is 0.300. The van der Waals surface area contributed by atoms with Gasteiger partial charge >= 0.3 is 47.9 Å². The Labute approximate surface area is 201 Å². The second-order valence-corrected chi connectivity index (χ2v) is 7.24. The highest BCUT2D eigenvalue weighted by molar-refractivity contribution is 6.09. The zero-order valence-corrected chi connectivity index (χ0v) is 17.8. The van der Waals surface area contributed by atoms with Gasteiger partial charge in [0.05, 0.1) is 11.4 Å². The number of anilines is 3. The lowest BCUT2D eigenvalue weighted by Crippen LogP contribution is -2.59. The molecule has 0 aliphatic heterocycles. The van der Waals surface area contributed by atoms with Crippen LogP contribution in [0.5, 0.6) is 0 Å². The van der Waals surface area contributed by atoms with Crippen molar-refractivity contribution in [3.05, 3.63) is 54.6 Å². The summed E-state index contributed by atoms with van der Waals surface area (Å²) in [5.41, 5.74) is -3.72. The zero-order chi connectivity index (χ0) is 29.5. The third-order valence-electron chi connectivity index (χ3n) is 4.67. The number of nitrogens with zero attached hydrogens (tertiary/aromatic N) is 1. The third-order valence-corrected chi connectivity index (χ3v) is 4.67. The van der Waals surface area contributed by atoms with Gasteiger partial charge in [-0.3, -0.25) is 14.5 Å². The van der Waals surface area contributed by atoms with Gasteiger partial charge in [-0.15, -0.1) is 0 Å². The Balaban J connectivity index is 2.69. The molecule has 0 unspecified atom stereocenters. The molecular weight excluding hydrogens is 566 g/mol. The van der Waals surface area contributed by atoms with Crippen molar-refractivity contribution >= 4 is 28.9 Å². The molecule has 1 N–H and O–H groups in total. The maximum absolute atomic E-state index is 14.3. The Bertz CT molecular complexity index is 1180. The van der Waals surface area contributed by atoms with E-state index in [-0.39, 0.29) is 0 Å². The molecule has 2 amide bonds. The molecule has 2 aromatic carbocycles. The van der Waals surface area contributed by atoms with Crippen LogP contribution in [-0.2, 0) is 9.59 Å². The zero-order valence-electron chi connectivity index (χ0n) is 17.8. The minimum atomic E-state index is -7.01. The van der Waals surface area contributed by atoms with Gasteiger partial charge in [-0.2, -0.15) is 61.5 Å². The van der Waals surface area contributed by atoms with Gasteiger partial charge in [0.25, 0.3) is 0 Å². The van der Waals surface area contributed by atoms with Crippen LogP contribution in [0.1, 0.15) is 0 Å². The average molecular weight is 576 g/mol. The molecular formula is C20H10F14N2O2. The van der Waals surface area contributed by atoms with Gasteiger partial charge in [0.15, 0.2) is 0 Å². The van der Waals surface area contributed by atoms with E-state index in [4.69, 9.17) is 0 Å². The molecule has 0 spiro atoms. The van der Waals surface area contributed by atoms with E-state index in [2.05, 4.69) is 0 Å².